The number of amides is 1. The number of nitrogens with one attached hydrogen (secondary N) is 1. The molecule has 0 fully saturated rings. The minimum Gasteiger partial charge on any atom is -0.496 e. The molecule has 0 bridgehead atoms. The molecule has 0 heterocycles. The third-order valence-corrected chi connectivity index (χ3v) is 3.86. The number of benzene rings is 2. The fourth-order valence-corrected chi connectivity index (χ4v) is 2.53. The second-order valence-corrected chi connectivity index (χ2v) is 5.45. The lowest BCUT2D eigenvalue weighted by molar-refractivity contribution is -0.142. The van der Waals surface area contributed by atoms with Gasteiger partial charge in [0.15, 0.2) is 0 Å². The zero-order valence-electron chi connectivity index (χ0n) is 13.4. The van der Waals surface area contributed by atoms with Crippen LogP contribution in [0.25, 0.3) is 0 Å². The molecule has 2 aromatic carbocycles. The van der Waals surface area contributed by atoms with E-state index in [-0.39, 0.29) is 6.42 Å². The van der Waals surface area contributed by atoms with E-state index < -0.39 is 17.9 Å². The van der Waals surface area contributed by atoms with Crippen molar-refractivity contribution < 1.29 is 19.1 Å². The van der Waals surface area contributed by atoms with Crippen molar-refractivity contribution >= 4 is 23.5 Å². The van der Waals surface area contributed by atoms with Crippen LogP contribution in [0, 0.1) is 0 Å². The number of halogens is 1. The standard InChI is InChI=1S/C18H18ClNO4/c1-23-16-10-6-3-7-12(16)11-15(18(22)24-2)20-17(21)13-8-4-5-9-14(13)19/h3-10,15H,11H2,1-2H3,(H,20,21)/t15-/m0/s1. The first-order chi connectivity index (χ1) is 11.6. The van der Waals surface area contributed by atoms with Gasteiger partial charge >= 0.3 is 5.97 Å². The summed E-state index contributed by atoms with van der Waals surface area (Å²) < 4.78 is 10.1. The lowest BCUT2D eigenvalue weighted by Gasteiger charge is -2.18. The molecule has 0 aliphatic heterocycles. The summed E-state index contributed by atoms with van der Waals surface area (Å²) in [5.74, 6) is -0.342. The lowest BCUT2D eigenvalue weighted by atomic mass is 10.0. The monoisotopic (exact) mass is 347 g/mol. The molecule has 5 nitrogen and oxygen atoms in total. The van der Waals surface area contributed by atoms with E-state index in [0.29, 0.717) is 16.3 Å². The predicted octanol–water partition coefficient (Wildman–Crippen LogP) is 2.86. The number of carbonyl (C=O) groups is 2. The number of esters is 1. The molecule has 0 aromatic heterocycles. The lowest BCUT2D eigenvalue weighted by Crippen LogP contribution is -2.43. The second-order valence-electron chi connectivity index (χ2n) is 5.05. The molecule has 1 amide bonds. The maximum atomic E-state index is 12.4. The minimum atomic E-state index is -0.852. The highest BCUT2D eigenvalue weighted by Crippen LogP contribution is 2.20. The molecule has 0 spiro atoms. The van der Waals surface area contributed by atoms with Gasteiger partial charge in [-0.05, 0) is 23.8 Å². The summed E-state index contributed by atoms with van der Waals surface area (Å²) in [7, 11) is 2.83. The average molecular weight is 348 g/mol. The number of methoxy groups -OCH3 is 2. The van der Waals surface area contributed by atoms with Crippen LogP contribution in [0.1, 0.15) is 15.9 Å². The van der Waals surface area contributed by atoms with Crippen molar-refractivity contribution in [3.05, 3.63) is 64.7 Å². The van der Waals surface area contributed by atoms with Crippen molar-refractivity contribution in [2.45, 2.75) is 12.5 Å². The molecule has 1 N–H and O–H groups in total. The van der Waals surface area contributed by atoms with Crippen LogP contribution in [0.4, 0.5) is 0 Å². The van der Waals surface area contributed by atoms with Crippen LogP contribution in [0.5, 0.6) is 5.75 Å². The van der Waals surface area contributed by atoms with Gasteiger partial charge in [0.25, 0.3) is 5.91 Å². The van der Waals surface area contributed by atoms with Crippen LogP contribution in [-0.2, 0) is 16.0 Å². The Kier molecular flexibility index (Phi) is 6.21. The van der Waals surface area contributed by atoms with E-state index in [1.165, 1.54) is 7.11 Å². The van der Waals surface area contributed by atoms with Gasteiger partial charge in [-0.1, -0.05) is 41.9 Å². The molecule has 2 aromatic rings. The summed E-state index contributed by atoms with van der Waals surface area (Å²) in [6.45, 7) is 0. The number of hydrogen-bond acceptors (Lipinski definition) is 4. The summed E-state index contributed by atoms with van der Waals surface area (Å²) in [6.07, 6.45) is 0.243. The van der Waals surface area contributed by atoms with Crippen molar-refractivity contribution in [3.63, 3.8) is 0 Å². The van der Waals surface area contributed by atoms with Crippen molar-refractivity contribution in [2.24, 2.45) is 0 Å². The van der Waals surface area contributed by atoms with Gasteiger partial charge in [-0.2, -0.15) is 0 Å². The fourth-order valence-electron chi connectivity index (χ4n) is 2.31. The zero-order chi connectivity index (χ0) is 17.5. The number of rotatable bonds is 6. The summed E-state index contributed by atoms with van der Waals surface area (Å²) in [4.78, 5) is 24.5. The first kappa shape index (κ1) is 17.8. The Balaban J connectivity index is 2.22. The van der Waals surface area contributed by atoms with E-state index in [2.05, 4.69) is 5.32 Å². The summed E-state index contributed by atoms with van der Waals surface area (Å²) in [5, 5.41) is 2.99. The number of carbonyl (C=O) groups excluding carboxylic acids is 2. The highest BCUT2D eigenvalue weighted by Gasteiger charge is 2.24. The molecule has 6 heteroatoms. The Bertz CT molecular complexity index is 732. The first-order valence-corrected chi connectivity index (χ1v) is 7.69. The summed E-state index contributed by atoms with van der Waals surface area (Å²) >= 11 is 6.03. The van der Waals surface area contributed by atoms with Gasteiger partial charge in [-0.25, -0.2) is 4.79 Å². The van der Waals surface area contributed by atoms with Crippen LogP contribution in [-0.4, -0.2) is 32.1 Å². The van der Waals surface area contributed by atoms with Crippen LogP contribution in [0.15, 0.2) is 48.5 Å². The quantitative estimate of drug-likeness (QED) is 0.816. The highest BCUT2D eigenvalue weighted by atomic mass is 35.5. The van der Waals surface area contributed by atoms with Crippen molar-refractivity contribution in [2.75, 3.05) is 14.2 Å². The molecule has 0 aliphatic carbocycles. The average Bonchev–Trinajstić information content (AvgIpc) is 2.61. The minimum absolute atomic E-state index is 0.243. The normalized spacial score (nSPS) is 11.5. The Morgan fingerprint density at radius 1 is 1.08 bits per heavy atom. The van der Waals surface area contributed by atoms with Crippen molar-refractivity contribution in [1.82, 2.24) is 5.32 Å². The van der Waals surface area contributed by atoms with Gasteiger partial charge in [-0.3, -0.25) is 4.79 Å². The molecule has 0 saturated carbocycles. The zero-order valence-corrected chi connectivity index (χ0v) is 14.2. The SMILES string of the molecule is COC(=O)[C@H](Cc1ccccc1OC)NC(=O)c1ccccc1Cl. The Morgan fingerprint density at radius 2 is 1.75 bits per heavy atom. The van der Waals surface area contributed by atoms with Crippen LogP contribution < -0.4 is 10.1 Å². The van der Waals surface area contributed by atoms with Crippen LogP contribution in [0.2, 0.25) is 5.02 Å². The highest BCUT2D eigenvalue weighted by molar-refractivity contribution is 6.33. The molecular weight excluding hydrogens is 330 g/mol. The van der Waals surface area contributed by atoms with Gasteiger partial charge < -0.3 is 14.8 Å². The first-order valence-electron chi connectivity index (χ1n) is 7.32. The Hall–Kier alpha value is -2.53. The summed E-state index contributed by atoms with van der Waals surface area (Å²) in [5.41, 5.74) is 1.09. The van der Waals surface area contributed by atoms with Gasteiger partial charge in [0, 0.05) is 6.42 Å². The van der Waals surface area contributed by atoms with E-state index >= 15 is 0 Å². The van der Waals surface area contributed by atoms with Gasteiger partial charge in [0.1, 0.15) is 11.8 Å². The maximum Gasteiger partial charge on any atom is 0.328 e. The molecule has 126 valence electrons. The third kappa shape index (κ3) is 4.26. The van der Waals surface area contributed by atoms with Gasteiger partial charge in [0.2, 0.25) is 0 Å². The van der Waals surface area contributed by atoms with Crippen LogP contribution >= 0.6 is 11.6 Å². The topological polar surface area (TPSA) is 64.6 Å². The number of ether oxygens (including phenoxy) is 2. The smallest absolute Gasteiger partial charge is 0.328 e. The molecular formula is C18H18ClNO4. The molecule has 2 rings (SSSR count). The van der Waals surface area contributed by atoms with Crippen molar-refractivity contribution in [3.8, 4) is 5.75 Å². The molecule has 24 heavy (non-hydrogen) atoms. The van der Waals surface area contributed by atoms with Gasteiger partial charge in [-0.15, -0.1) is 0 Å². The second kappa shape index (κ2) is 8.36. The Labute approximate surface area is 145 Å². The third-order valence-electron chi connectivity index (χ3n) is 3.53. The van der Waals surface area contributed by atoms with E-state index in [4.69, 9.17) is 21.1 Å². The fraction of sp³-hybridized carbons (Fsp3) is 0.222. The molecule has 1 atom stereocenters. The van der Waals surface area contributed by atoms with E-state index in [1.807, 2.05) is 18.2 Å². The number of hydrogen-bond donors (Lipinski definition) is 1. The molecule has 0 radical (unpaired) electrons. The largest absolute Gasteiger partial charge is 0.496 e. The van der Waals surface area contributed by atoms with E-state index in [1.54, 1.807) is 37.4 Å². The van der Waals surface area contributed by atoms with E-state index in [9.17, 15) is 9.59 Å². The summed E-state index contributed by atoms with van der Waals surface area (Å²) in [6, 6.07) is 13.1. The van der Waals surface area contributed by atoms with Crippen molar-refractivity contribution in [1.29, 1.82) is 0 Å². The molecule has 0 unspecified atom stereocenters. The van der Waals surface area contributed by atoms with Crippen LogP contribution in [0.3, 0.4) is 0 Å². The van der Waals surface area contributed by atoms with Gasteiger partial charge in [0.05, 0.1) is 24.8 Å². The number of para-hydroxylation sites is 1. The molecule has 0 saturated heterocycles. The molecule has 0 aliphatic rings. The Morgan fingerprint density at radius 3 is 2.42 bits per heavy atom. The van der Waals surface area contributed by atoms with E-state index in [0.717, 1.165) is 5.56 Å². The predicted molar refractivity (Wildman–Crippen MR) is 91.4 cm³/mol. The maximum absolute atomic E-state index is 12.4.